The molecule has 2 N–H and O–H groups in total. The molecule has 0 unspecified atom stereocenters. The number of ether oxygens (including phenoxy) is 1. The summed E-state index contributed by atoms with van der Waals surface area (Å²) in [4.78, 5) is 12.7. The Hall–Kier alpha value is -2.85. The first-order valence-corrected chi connectivity index (χ1v) is 8.38. The summed E-state index contributed by atoms with van der Waals surface area (Å²) in [5, 5.41) is 15.9. The predicted octanol–water partition coefficient (Wildman–Crippen LogP) is 3.24. The topological polar surface area (TPSA) is 58.6 Å². The molecule has 1 aliphatic heterocycles. The summed E-state index contributed by atoms with van der Waals surface area (Å²) < 4.78 is 5.60. The maximum absolute atomic E-state index is 12.7. The van der Waals surface area contributed by atoms with Crippen molar-refractivity contribution in [1.29, 1.82) is 0 Å². The summed E-state index contributed by atoms with van der Waals surface area (Å²) in [5.41, 5.74) is 0.219. The van der Waals surface area contributed by atoms with Crippen LogP contribution in [0.5, 0.6) is 5.75 Å². The first-order valence-electron chi connectivity index (χ1n) is 8.38. The van der Waals surface area contributed by atoms with Gasteiger partial charge < -0.3 is 15.2 Å². The maximum atomic E-state index is 12.7. The summed E-state index contributed by atoms with van der Waals surface area (Å²) in [6.45, 7) is 0.576. The SMILES string of the molecule is O=C(NC[C@]1(O)CCOc2ccccc21)c1cccc2ccccc12. The van der Waals surface area contributed by atoms with Gasteiger partial charge in [0.2, 0.25) is 0 Å². The van der Waals surface area contributed by atoms with Crippen molar-refractivity contribution in [3.05, 3.63) is 77.9 Å². The fraction of sp³-hybridized carbons (Fsp3) is 0.190. The standard InChI is InChI=1S/C21H19NO3/c23-20(17-9-5-7-15-6-1-2-8-16(15)17)22-14-21(24)12-13-25-19-11-4-3-10-18(19)21/h1-11,24H,12-14H2,(H,22,23)/t21-/m1/s1. The third-order valence-corrected chi connectivity index (χ3v) is 4.74. The predicted molar refractivity (Wildman–Crippen MR) is 96.7 cm³/mol. The lowest BCUT2D eigenvalue weighted by atomic mass is 9.88. The second-order valence-electron chi connectivity index (χ2n) is 6.34. The smallest absolute Gasteiger partial charge is 0.252 e. The fourth-order valence-electron chi connectivity index (χ4n) is 3.37. The second-order valence-corrected chi connectivity index (χ2v) is 6.34. The van der Waals surface area contributed by atoms with E-state index >= 15 is 0 Å². The molecule has 3 aromatic rings. The van der Waals surface area contributed by atoms with Gasteiger partial charge in [-0.3, -0.25) is 4.79 Å². The number of para-hydroxylation sites is 1. The van der Waals surface area contributed by atoms with Crippen molar-refractivity contribution in [3.63, 3.8) is 0 Å². The van der Waals surface area contributed by atoms with Crippen LogP contribution in [0.1, 0.15) is 22.3 Å². The largest absolute Gasteiger partial charge is 0.493 e. The molecule has 0 radical (unpaired) electrons. The molecule has 0 fully saturated rings. The van der Waals surface area contributed by atoms with E-state index in [0.29, 0.717) is 24.3 Å². The molecule has 126 valence electrons. The second kappa shape index (κ2) is 6.22. The van der Waals surface area contributed by atoms with Crippen LogP contribution in [0.3, 0.4) is 0 Å². The maximum Gasteiger partial charge on any atom is 0.252 e. The Morgan fingerprint density at radius 3 is 2.72 bits per heavy atom. The van der Waals surface area contributed by atoms with Crippen LogP contribution in [-0.4, -0.2) is 24.2 Å². The minimum absolute atomic E-state index is 0.148. The quantitative estimate of drug-likeness (QED) is 0.774. The van der Waals surface area contributed by atoms with Gasteiger partial charge in [-0.25, -0.2) is 0 Å². The monoisotopic (exact) mass is 333 g/mol. The zero-order chi connectivity index (χ0) is 17.3. The third kappa shape index (κ3) is 2.85. The van der Waals surface area contributed by atoms with E-state index in [0.717, 1.165) is 16.3 Å². The molecule has 0 spiro atoms. The van der Waals surface area contributed by atoms with Crippen LogP contribution >= 0.6 is 0 Å². The van der Waals surface area contributed by atoms with Gasteiger partial charge in [-0.2, -0.15) is 0 Å². The number of amides is 1. The Balaban J connectivity index is 1.58. The van der Waals surface area contributed by atoms with Crippen molar-refractivity contribution >= 4 is 16.7 Å². The van der Waals surface area contributed by atoms with Gasteiger partial charge in [-0.1, -0.05) is 54.6 Å². The van der Waals surface area contributed by atoms with Crippen molar-refractivity contribution in [3.8, 4) is 5.75 Å². The van der Waals surface area contributed by atoms with E-state index in [1.807, 2.05) is 60.7 Å². The number of carbonyl (C=O) groups excluding carboxylic acids is 1. The molecule has 1 aliphatic rings. The molecule has 0 aromatic heterocycles. The number of hydrogen-bond acceptors (Lipinski definition) is 3. The molecule has 3 aromatic carbocycles. The van der Waals surface area contributed by atoms with E-state index in [1.165, 1.54) is 0 Å². The molecule has 4 nitrogen and oxygen atoms in total. The van der Waals surface area contributed by atoms with Crippen molar-refractivity contribution in [1.82, 2.24) is 5.32 Å². The number of rotatable bonds is 3. The highest BCUT2D eigenvalue weighted by atomic mass is 16.5. The average molecular weight is 333 g/mol. The van der Waals surface area contributed by atoms with E-state index < -0.39 is 5.60 Å². The van der Waals surface area contributed by atoms with E-state index in [-0.39, 0.29) is 12.5 Å². The van der Waals surface area contributed by atoms with Crippen molar-refractivity contribution in [2.75, 3.05) is 13.2 Å². The minimum Gasteiger partial charge on any atom is -0.493 e. The fourth-order valence-corrected chi connectivity index (χ4v) is 3.37. The molecule has 0 bridgehead atoms. The molecular formula is C21H19NO3. The Morgan fingerprint density at radius 1 is 1.04 bits per heavy atom. The molecule has 4 heteroatoms. The highest BCUT2D eigenvalue weighted by Crippen LogP contribution is 2.36. The van der Waals surface area contributed by atoms with E-state index in [1.54, 1.807) is 6.07 Å². The van der Waals surface area contributed by atoms with E-state index in [9.17, 15) is 9.90 Å². The van der Waals surface area contributed by atoms with Gasteiger partial charge in [0.1, 0.15) is 11.4 Å². The summed E-state index contributed by atoms with van der Waals surface area (Å²) in [6, 6.07) is 20.9. The van der Waals surface area contributed by atoms with Gasteiger partial charge in [-0.05, 0) is 22.9 Å². The Labute approximate surface area is 146 Å². The molecule has 1 atom stereocenters. The van der Waals surface area contributed by atoms with Crippen LogP contribution in [0.15, 0.2) is 66.7 Å². The Morgan fingerprint density at radius 2 is 1.80 bits per heavy atom. The molecule has 1 heterocycles. The van der Waals surface area contributed by atoms with Crippen LogP contribution in [-0.2, 0) is 5.60 Å². The highest BCUT2D eigenvalue weighted by Gasteiger charge is 2.35. The summed E-state index contributed by atoms with van der Waals surface area (Å²) >= 11 is 0. The van der Waals surface area contributed by atoms with Crippen molar-refractivity contribution in [2.45, 2.75) is 12.0 Å². The highest BCUT2D eigenvalue weighted by molar-refractivity contribution is 6.07. The van der Waals surface area contributed by atoms with Gasteiger partial charge in [-0.15, -0.1) is 0 Å². The number of carbonyl (C=O) groups is 1. The lowest BCUT2D eigenvalue weighted by Crippen LogP contribution is -2.43. The average Bonchev–Trinajstić information content (AvgIpc) is 2.66. The van der Waals surface area contributed by atoms with Crippen LogP contribution in [0.4, 0.5) is 0 Å². The number of fused-ring (bicyclic) bond motifs is 2. The lowest BCUT2D eigenvalue weighted by Gasteiger charge is -2.34. The molecule has 0 saturated carbocycles. The minimum atomic E-state index is -1.12. The van der Waals surface area contributed by atoms with Gasteiger partial charge in [0.25, 0.3) is 5.91 Å². The number of aliphatic hydroxyl groups is 1. The van der Waals surface area contributed by atoms with Crippen LogP contribution in [0.2, 0.25) is 0 Å². The summed E-state index contributed by atoms with van der Waals surface area (Å²) in [5.74, 6) is 0.491. The molecule has 0 saturated heterocycles. The van der Waals surface area contributed by atoms with Gasteiger partial charge in [0.05, 0.1) is 13.2 Å². The van der Waals surface area contributed by atoms with Gasteiger partial charge >= 0.3 is 0 Å². The summed E-state index contributed by atoms with van der Waals surface area (Å²) in [6.07, 6.45) is 0.444. The molecule has 4 rings (SSSR count). The van der Waals surface area contributed by atoms with Crippen LogP contribution in [0.25, 0.3) is 10.8 Å². The number of hydrogen-bond donors (Lipinski definition) is 2. The normalized spacial score (nSPS) is 19.1. The van der Waals surface area contributed by atoms with Crippen molar-refractivity contribution in [2.24, 2.45) is 0 Å². The molecule has 0 aliphatic carbocycles. The summed E-state index contributed by atoms with van der Waals surface area (Å²) in [7, 11) is 0. The molecule has 1 amide bonds. The van der Waals surface area contributed by atoms with Crippen LogP contribution in [0, 0.1) is 0 Å². The lowest BCUT2D eigenvalue weighted by molar-refractivity contribution is -0.00159. The van der Waals surface area contributed by atoms with Gasteiger partial charge in [0, 0.05) is 17.5 Å². The third-order valence-electron chi connectivity index (χ3n) is 4.74. The Kier molecular flexibility index (Phi) is 3.90. The Bertz CT molecular complexity index is 932. The van der Waals surface area contributed by atoms with Gasteiger partial charge in [0.15, 0.2) is 0 Å². The first kappa shape index (κ1) is 15.7. The van der Waals surface area contributed by atoms with E-state index in [2.05, 4.69) is 5.32 Å². The number of benzene rings is 3. The first-order chi connectivity index (χ1) is 12.2. The zero-order valence-electron chi connectivity index (χ0n) is 13.7. The zero-order valence-corrected chi connectivity index (χ0v) is 13.7. The van der Waals surface area contributed by atoms with Crippen LogP contribution < -0.4 is 10.1 Å². The van der Waals surface area contributed by atoms with Crippen molar-refractivity contribution < 1.29 is 14.6 Å². The number of nitrogens with one attached hydrogen (secondary N) is 1. The molecule has 25 heavy (non-hydrogen) atoms. The van der Waals surface area contributed by atoms with E-state index in [4.69, 9.17) is 4.74 Å². The molecular weight excluding hydrogens is 314 g/mol.